The molecule has 0 N–H and O–H groups in total. The number of carbonyl (C=O) groups is 1. The van der Waals surface area contributed by atoms with Gasteiger partial charge in [-0.05, 0) is 55.8 Å². The summed E-state index contributed by atoms with van der Waals surface area (Å²) < 4.78 is 34.7. The molecule has 0 fully saturated rings. The molecule has 1 aromatic heterocycles. The number of fused-ring (bicyclic) bond motifs is 1. The maximum Gasteiger partial charge on any atom is 0.338 e. The highest BCUT2D eigenvalue weighted by Gasteiger charge is 2.35. The largest absolute Gasteiger partial charge is 0.497 e. The third-order valence-electron chi connectivity index (χ3n) is 6.23. The summed E-state index contributed by atoms with van der Waals surface area (Å²) in [5, 5.41) is 0. The van der Waals surface area contributed by atoms with Crippen molar-refractivity contribution >= 4 is 23.4 Å². The average molecular weight is 555 g/mol. The second kappa shape index (κ2) is 11.6. The molecule has 2 aromatic carbocycles. The second-order valence-corrected chi connectivity index (χ2v) is 9.38. The smallest absolute Gasteiger partial charge is 0.338 e. The van der Waals surface area contributed by atoms with E-state index in [0.717, 1.165) is 0 Å². The van der Waals surface area contributed by atoms with Crippen molar-refractivity contribution in [3.8, 4) is 28.7 Å². The predicted molar refractivity (Wildman–Crippen MR) is 146 cm³/mol. The molecule has 11 heteroatoms. The van der Waals surface area contributed by atoms with Gasteiger partial charge in [0, 0.05) is 5.56 Å². The summed E-state index contributed by atoms with van der Waals surface area (Å²) in [7, 11) is 7.64. The lowest BCUT2D eigenvalue weighted by molar-refractivity contribution is -0.139. The number of hydrogen-bond donors (Lipinski definition) is 0. The maximum absolute atomic E-state index is 14.0. The summed E-state index contributed by atoms with van der Waals surface area (Å²) in [4.78, 5) is 32.2. The van der Waals surface area contributed by atoms with Crippen LogP contribution in [-0.2, 0) is 9.53 Å². The summed E-state index contributed by atoms with van der Waals surface area (Å²) in [5.41, 5.74) is 1.58. The van der Waals surface area contributed by atoms with Crippen LogP contribution in [0.5, 0.6) is 28.7 Å². The van der Waals surface area contributed by atoms with Crippen molar-refractivity contribution < 1.29 is 33.2 Å². The van der Waals surface area contributed by atoms with Gasteiger partial charge >= 0.3 is 5.97 Å². The lowest BCUT2D eigenvalue weighted by atomic mass is 9.94. The standard InChI is InChI=1S/C28H30N2O8S/c1-8-38-27(32)23-15(2)29-28-30(24(23)18-14-17(33-3)9-10-19(18)34-4)26(31)22(39-28)13-16-11-20(35-5)25(37-7)21(12-16)36-6/h9-14,24H,8H2,1-7H3. The molecule has 0 saturated carbocycles. The molecule has 1 aliphatic rings. The number of nitrogens with zero attached hydrogens (tertiary/aromatic N) is 2. The van der Waals surface area contributed by atoms with Crippen molar-refractivity contribution in [1.29, 1.82) is 0 Å². The molecule has 1 atom stereocenters. The van der Waals surface area contributed by atoms with Crippen LogP contribution in [0.2, 0.25) is 0 Å². The molecule has 0 bridgehead atoms. The van der Waals surface area contributed by atoms with Gasteiger partial charge in [0.2, 0.25) is 5.75 Å². The van der Waals surface area contributed by atoms with E-state index in [1.807, 2.05) is 0 Å². The highest BCUT2D eigenvalue weighted by atomic mass is 32.1. The molecule has 39 heavy (non-hydrogen) atoms. The Kier molecular flexibility index (Phi) is 8.29. The van der Waals surface area contributed by atoms with Gasteiger partial charge in [-0.2, -0.15) is 0 Å². The zero-order chi connectivity index (χ0) is 28.3. The van der Waals surface area contributed by atoms with Crippen molar-refractivity contribution in [3.05, 3.63) is 72.4 Å². The molecule has 4 rings (SSSR count). The Bertz CT molecular complexity index is 1590. The monoisotopic (exact) mass is 554 g/mol. The summed E-state index contributed by atoms with van der Waals surface area (Å²) in [6.45, 7) is 3.62. The van der Waals surface area contributed by atoms with E-state index < -0.39 is 12.0 Å². The molecule has 206 valence electrons. The molecule has 0 radical (unpaired) electrons. The van der Waals surface area contributed by atoms with Crippen LogP contribution in [0, 0.1) is 0 Å². The van der Waals surface area contributed by atoms with Gasteiger partial charge in [0.1, 0.15) is 17.5 Å². The number of methoxy groups -OCH3 is 5. The van der Waals surface area contributed by atoms with Gasteiger partial charge in [-0.3, -0.25) is 9.36 Å². The van der Waals surface area contributed by atoms with E-state index in [1.54, 1.807) is 57.4 Å². The average Bonchev–Trinajstić information content (AvgIpc) is 3.25. The third-order valence-corrected chi connectivity index (χ3v) is 7.22. The molecule has 0 spiro atoms. The van der Waals surface area contributed by atoms with E-state index in [4.69, 9.17) is 28.4 Å². The van der Waals surface area contributed by atoms with E-state index in [9.17, 15) is 9.59 Å². The molecule has 0 saturated heterocycles. The Labute approximate surface area is 229 Å². The SMILES string of the molecule is CCOC(=O)C1=C(C)N=c2sc(=Cc3cc(OC)c(OC)c(OC)c3)c(=O)n2C1c1cc(OC)ccc1OC. The van der Waals surface area contributed by atoms with E-state index in [-0.39, 0.29) is 17.7 Å². The van der Waals surface area contributed by atoms with Crippen molar-refractivity contribution in [2.24, 2.45) is 4.99 Å². The first-order valence-corrected chi connectivity index (χ1v) is 12.8. The Morgan fingerprint density at radius 3 is 2.21 bits per heavy atom. The van der Waals surface area contributed by atoms with Crippen molar-refractivity contribution in [2.75, 3.05) is 42.2 Å². The number of aromatic nitrogens is 1. The highest BCUT2D eigenvalue weighted by Crippen LogP contribution is 2.39. The fraction of sp³-hybridized carbons (Fsp3) is 0.321. The number of allylic oxidation sites excluding steroid dienone is 1. The van der Waals surface area contributed by atoms with Crippen LogP contribution in [0.4, 0.5) is 0 Å². The van der Waals surface area contributed by atoms with Crippen LogP contribution >= 0.6 is 11.3 Å². The highest BCUT2D eigenvalue weighted by molar-refractivity contribution is 7.07. The summed E-state index contributed by atoms with van der Waals surface area (Å²) in [5.74, 6) is 1.82. The second-order valence-electron chi connectivity index (χ2n) is 8.37. The van der Waals surface area contributed by atoms with E-state index in [0.29, 0.717) is 54.9 Å². The normalized spacial score (nSPS) is 14.8. The minimum absolute atomic E-state index is 0.170. The zero-order valence-corrected chi connectivity index (χ0v) is 23.6. The Balaban J connectivity index is 2.01. The van der Waals surface area contributed by atoms with Crippen LogP contribution in [-0.4, -0.2) is 52.7 Å². The van der Waals surface area contributed by atoms with Crippen LogP contribution in [0.1, 0.15) is 31.0 Å². The number of rotatable bonds is 9. The summed E-state index contributed by atoms with van der Waals surface area (Å²) >= 11 is 1.20. The number of benzene rings is 2. The molecule has 3 aromatic rings. The van der Waals surface area contributed by atoms with Crippen LogP contribution < -0.4 is 38.6 Å². The first kappa shape index (κ1) is 27.8. The molecule has 10 nitrogen and oxygen atoms in total. The van der Waals surface area contributed by atoms with Crippen LogP contribution in [0.3, 0.4) is 0 Å². The van der Waals surface area contributed by atoms with Crippen LogP contribution in [0.15, 0.2) is 51.4 Å². The Hall–Kier alpha value is -4.25. The number of hydrogen-bond acceptors (Lipinski definition) is 10. The van der Waals surface area contributed by atoms with Crippen molar-refractivity contribution in [2.45, 2.75) is 19.9 Å². The van der Waals surface area contributed by atoms with Gasteiger partial charge in [0.05, 0.1) is 58.0 Å². The molecule has 1 unspecified atom stereocenters. The third kappa shape index (κ3) is 5.09. The van der Waals surface area contributed by atoms with Gasteiger partial charge in [-0.15, -0.1) is 0 Å². The fourth-order valence-corrected chi connectivity index (χ4v) is 5.52. The van der Waals surface area contributed by atoms with Crippen molar-refractivity contribution in [1.82, 2.24) is 4.57 Å². The number of ether oxygens (including phenoxy) is 6. The first-order valence-electron chi connectivity index (χ1n) is 12.0. The number of esters is 1. The van der Waals surface area contributed by atoms with Crippen LogP contribution in [0.25, 0.3) is 6.08 Å². The van der Waals surface area contributed by atoms with Gasteiger partial charge < -0.3 is 28.4 Å². The zero-order valence-electron chi connectivity index (χ0n) is 22.8. The molecular formula is C28H30N2O8S. The molecule has 2 heterocycles. The molecular weight excluding hydrogens is 524 g/mol. The van der Waals surface area contributed by atoms with Gasteiger partial charge in [-0.25, -0.2) is 9.79 Å². The topological polar surface area (TPSA) is 107 Å². The molecule has 0 amide bonds. The maximum atomic E-state index is 14.0. The first-order chi connectivity index (χ1) is 18.8. The quantitative estimate of drug-likeness (QED) is 0.372. The fourth-order valence-electron chi connectivity index (χ4n) is 4.47. The van der Waals surface area contributed by atoms with E-state index in [2.05, 4.69) is 4.99 Å². The number of carbonyl (C=O) groups excluding carboxylic acids is 1. The van der Waals surface area contributed by atoms with Crippen molar-refractivity contribution in [3.63, 3.8) is 0 Å². The van der Waals surface area contributed by atoms with E-state index >= 15 is 0 Å². The lowest BCUT2D eigenvalue weighted by Crippen LogP contribution is -2.40. The van der Waals surface area contributed by atoms with Gasteiger partial charge in [0.25, 0.3) is 5.56 Å². The predicted octanol–water partition coefficient (Wildman–Crippen LogP) is 2.84. The molecule has 0 aliphatic carbocycles. The minimum Gasteiger partial charge on any atom is -0.497 e. The molecule has 1 aliphatic heterocycles. The van der Waals surface area contributed by atoms with E-state index in [1.165, 1.54) is 44.3 Å². The summed E-state index contributed by atoms with van der Waals surface area (Å²) in [6, 6.07) is 7.87. The number of thiazole rings is 1. The lowest BCUT2D eigenvalue weighted by Gasteiger charge is -2.26. The minimum atomic E-state index is -0.854. The Morgan fingerprint density at radius 2 is 1.64 bits per heavy atom. The Morgan fingerprint density at radius 1 is 0.974 bits per heavy atom. The summed E-state index contributed by atoms with van der Waals surface area (Å²) in [6.07, 6.45) is 1.72. The van der Waals surface area contributed by atoms with Gasteiger partial charge in [0.15, 0.2) is 16.3 Å². The van der Waals surface area contributed by atoms with Gasteiger partial charge in [-0.1, -0.05) is 11.3 Å².